The molecule has 1 fully saturated rings. The Balaban J connectivity index is 1.62. The molecule has 10 nitrogen and oxygen atoms in total. The first kappa shape index (κ1) is 26.2. The van der Waals surface area contributed by atoms with E-state index in [9.17, 15) is 19.2 Å². The van der Waals surface area contributed by atoms with Crippen LogP contribution in [-0.4, -0.2) is 70.4 Å². The van der Waals surface area contributed by atoms with Gasteiger partial charge in [-0.1, -0.05) is 43.2 Å². The number of nitrogens with two attached hydrogens (primary N) is 1. The van der Waals surface area contributed by atoms with Gasteiger partial charge in [0.25, 0.3) is 5.56 Å². The summed E-state index contributed by atoms with van der Waals surface area (Å²) < 4.78 is 1.31. The zero-order chi connectivity index (χ0) is 25.5. The summed E-state index contributed by atoms with van der Waals surface area (Å²) in [6.45, 7) is 8.67. The maximum absolute atomic E-state index is 13.1. The summed E-state index contributed by atoms with van der Waals surface area (Å²) in [5.74, 6) is -0.192. The summed E-state index contributed by atoms with van der Waals surface area (Å²) in [5, 5.41) is 0. The number of nitrogens with one attached hydrogen (secondary N) is 1. The average Bonchev–Trinajstić information content (AvgIpc) is 2.83. The first-order chi connectivity index (χ1) is 16.7. The number of amides is 2. The van der Waals surface area contributed by atoms with Gasteiger partial charge < -0.3 is 15.5 Å². The SMILES string of the molecule is CCCCn1c(N)c(N(CC)C(=O)CN2CCN(C(=O)Cc3ccc(C)cc3)CC2)c(=O)[nH]c1=O. The number of anilines is 2. The Bertz CT molecular complexity index is 1150. The molecule has 2 aromatic rings. The number of nitrogens with zero attached hydrogens (tertiary/aromatic N) is 4. The van der Waals surface area contributed by atoms with Crippen LogP contribution >= 0.6 is 0 Å². The molecular weight excluding hydrogens is 448 g/mol. The van der Waals surface area contributed by atoms with E-state index in [0.717, 1.165) is 24.0 Å². The van der Waals surface area contributed by atoms with Gasteiger partial charge in [-0.2, -0.15) is 0 Å². The number of benzene rings is 1. The normalized spacial score (nSPS) is 14.2. The Kier molecular flexibility index (Phi) is 8.86. The number of hydrogen-bond donors (Lipinski definition) is 2. The zero-order valence-corrected chi connectivity index (χ0v) is 20.9. The zero-order valence-electron chi connectivity index (χ0n) is 20.9. The van der Waals surface area contributed by atoms with E-state index in [1.165, 1.54) is 9.47 Å². The van der Waals surface area contributed by atoms with E-state index in [2.05, 4.69) is 4.98 Å². The molecule has 35 heavy (non-hydrogen) atoms. The van der Waals surface area contributed by atoms with E-state index in [1.807, 2.05) is 47.9 Å². The highest BCUT2D eigenvalue weighted by atomic mass is 16.2. The summed E-state index contributed by atoms with van der Waals surface area (Å²) >= 11 is 0. The second-order valence-electron chi connectivity index (χ2n) is 8.96. The fraction of sp³-hybridized carbons (Fsp3) is 0.520. The maximum Gasteiger partial charge on any atom is 0.330 e. The van der Waals surface area contributed by atoms with Crippen LogP contribution in [0.15, 0.2) is 33.9 Å². The molecule has 0 spiro atoms. The number of aromatic amines is 1. The summed E-state index contributed by atoms with van der Waals surface area (Å²) in [7, 11) is 0. The van der Waals surface area contributed by atoms with Crippen molar-refractivity contribution in [2.45, 2.75) is 46.6 Å². The molecule has 10 heteroatoms. The second-order valence-corrected chi connectivity index (χ2v) is 8.96. The van der Waals surface area contributed by atoms with E-state index in [0.29, 0.717) is 39.1 Å². The third kappa shape index (κ3) is 6.39. The molecule has 1 saturated heterocycles. The second kappa shape index (κ2) is 11.8. The number of aryl methyl sites for hydroxylation is 1. The summed E-state index contributed by atoms with van der Waals surface area (Å²) in [6, 6.07) is 7.94. The van der Waals surface area contributed by atoms with Crippen LogP contribution in [-0.2, 0) is 22.6 Å². The van der Waals surface area contributed by atoms with Crippen LogP contribution < -0.4 is 21.9 Å². The fourth-order valence-electron chi connectivity index (χ4n) is 4.26. The maximum atomic E-state index is 13.1. The Hall–Kier alpha value is -3.40. The van der Waals surface area contributed by atoms with Crippen molar-refractivity contribution in [3.63, 3.8) is 0 Å². The topological polar surface area (TPSA) is 125 Å². The van der Waals surface area contributed by atoms with Crippen molar-refractivity contribution in [1.82, 2.24) is 19.4 Å². The molecule has 1 aliphatic rings. The standard InChI is InChI=1S/C25H36N6O4/c1-4-6-11-31-23(26)22(24(34)27-25(31)35)30(5-2)21(33)17-28-12-14-29(15-13-28)20(32)16-19-9-7-18(3)8-10-19/h7-10H,4-6,11-17,26H2,1-3H3,(H,27,34,35). The third-order valence-electron chi connectivity index (χ3n) is 6.40. The highest BCUT2D eigenvalue weighted by Gasteiger charge is 2.27. The average molecular weight is 485 g/mol. The molecule has 1 aromatic heterocycles. The summed E-state index contributed by atoms with van der Waals surface area (Å²) in [6.07, 6.45) is 1.94. The van der Waals surface area contributed by atoms with Crippen LogP contribution in [0, 0.1) is 6.92 Å². The Labute approximate surface area is 205 Å². The van der Waals surface area contributed by atoms with Gasteiger partial charge >= 0.3 is 5.69 Å². The van der Waals surface area contributed by atoms with Crippen molar-refractivity contribution >= 4 is 23.3 Å². The molecule has 0 saturated carbocycles. The first-order valence-corrected chi connectivity index (χ1v) is 12.2. The number of carbonyl (C=O) groups excluding carboxylic acids is 2. The van der Waals surface area contributed by atoms with Crippen LogP contribution in [0.3, 0.4) is 0 Å². The summed E-state index contributed by atoms with van der Waals surface area (Å²) in [4.78, 5) is 58.0. The molecule has 190 valence electrons. The number of H-pyrrole nitrogens is 1. The minimum absolute atomic E-state index is 0.00826. The molecule has 3 rings (SSSR count). The Morgan fingerprint density at radius 3 is 2.31 bits per heavy atom. The number of nitrogen functional groups attached to an aromatic ring is 1. The van der Waals surface area contributed by atoms with Crippen molar-refractivity contribution in [2.75, 3.05) is 49.9 Å². The van der Waals surface area contributed by atoms with Crippen molar-refractivity contribution < 1.29 is 9.59 Å². The summed E-state index contributed by atoms with van der Waals surface area (Å²) in [5.41, 5.74) is 7.11. The third-order valence-corrected chi connectivity index (χ3v) is 6.40. The van der Waals surface area contributed by atoms with Crippen molar-refractivity contribution in [3.05, 3.63) is 56.2 Å². The molecular formula is C25H36N6O4. The minimum Gasteiger partial charge on any atom is -0.383 e. The lowest BCUT2D eigenvalue weighted by Crippen LogP contribution is -2.52. The number of unbranched alkanes of at least 4 members (excludes halogenated alkanes) is 1. The molecule has 0 atom stereocenters. The molecule has 2 amide bonds. The van der Waals surface area contributed by atoms with Crippen LogP contribution in [0.2, 0.25) is 0 Å². The van der Waals surface area contributed by atoms with Gasteiger partial charge in [0.05, 0.1) is 13.0 Å². The van der Waals surface area contributed by atoms with Gasteiger partial charge in [-0.3, -0.25) is 28.8 Å². The van der Waals surface area contributed by atoms with Gasteiger partial charge in [0.1, 0.15) is 5.82 Å². The number of piperazine rings is 1. The van der Waals surface area contributed by atoms with E-state index in [1.54, 1.807) is 6.92 Å². The fourth-order valence-corrected chi connectivity index (χ4v) is 4.26. The molecule has 0 aliphatic carbocycles. The van der Waals surface area contributed by atoms with Gasteiger partial charge in [-0.15, -0.1) is 0 Å². The monoisotopic (exact) mass is 484 g/mol. The van der Waals surface area contributed by atoms with Gasteiger partial charge in [-0.05, 0) is 25.8 Å². The lowest BCUT2D eigenvalue weighted by atomic mass is 10.1. The van der Waals surface area contributed by atoms with Crippen LogP contribution in [0.4, 0.5) is 11.5 Å². The van der Waals surface area contributed by atoms with Gasteiger partial charge in [0.15, 0.2) is 5.69 Å². The number of aromatic nitrogens is 2. The van der Waals surface area contributed by atoms with E-state index >= 15 is 0 Å². The van der Waals surface area contributed by atoms with E-state index in [-0.39, 0.29) is 36.4 Å². The van der Waals surface area contributed by atoms with Crippen molar-refractivity contribution in [2.24, 2.45) is 0 Å². The molecule has 0 unspecified atom stereocenters. The number of hydrogen-bond acceptors (Lipinski definition) is 6. The number of rotatable bonds is 9. The van der Waals surface area contributed by atoms with Crippen molar-refractivity contribution in [3.8, 4) is 0 Å². The van der Waals surface area contributed by atoms with Crippen molar-refractivity contribution in [1.29, 1.82) is 0 Å². The molecule has 2 heterocycles. The first-order valence-electron chi connectivity index (χ1n) is 12.2. The molecule has 1 aliphatic heterocycles. The van der Waals surface area contributed by atoms with E-state index in [4.69, 9.17) is 5.73 Å². The Morgan fingerprint density at radius 2 is 1.71 bits per heavy atom. The highest BCUT2D eigenvalue weighted by molar-refractivity contribution is 5.96. The number of likely N-dealkylation sites (N-methyl/N-ethyl adjacent to an activating group) is 1. The largest absolute Gasteiger partial charge is 0.383 e. The minimum atomic E-state index is -0.665. The molecule has 1 aromatic carbocycles. The predicted octanol–water partition coefficient (Wildman–Crippen LogP) is 0.967. The smallest absolute Gasteiger partial charge is 0.330 e. The van der Waals surface area contributed by atoms with Gasteiger partial charge in [0.2, 0.25) is 11.8 Å². The highest BCUT2D eigenvalue weighted by Crippen LogP contribution is 2.18. The lowest BCUT2D eigenvalue weighted by Gasteiger charge is -2.35. The lowest BCUT2D eigenvalue weighted by molar-refractivity contribution is -0.132. The molecule has 3 N–H and O–H groups in total. The predicted molar refractivity (Wildman–Crippen MR) is 137 cm³/mol. The Morgan fingerprint density at radius 1 is 1.06 bits per heavy atom. The van der Waals surface area contributed by atoms with Crippen LogP contribution in [0.1, 0.15) is 37.8 Å². The van der Waals surface area contributed by atoms with Gasteiger partial charge in [-0.25, -0.2) is 4.79 Å². The molecule has 0 bridgehead atoms. The van der Waals surface area contributed by atoms with Gasteiger partial charge in [0, 0.05) is 39.3 Å². The van der Waals surface area contributed by atoms with E-state index < -0.39 is 11.2 Å². The van der Waals surface area contributed by atoms with Crippen LogP contribution in [0.5, 0.6) is 0 Å². The quantitative estimate of drug-likeness (QED) is 0.546. The molecule has 0 radical (unpaired) electrons. The van der Waals surface area contributed by atoms with Crippen LogP contribution in [0.25, 0.3) is 0 Å². The number of carbonyl (C=O) groups is 2.